The van der Waals surface area contributed by atoms with Crippen LogP contribution in [-0.2, 0) is 14.5 Å². The molecule has 0 aliphatic carbocycles. The molecule has 0 amide bonds. The maximum atomic E-state index is 5.63. The summed E-state index contributed by atoms with van der Waals surface area (Å²) in [6, 6.07) is 0. The van der Waals surface area contributed by atoms with Crippen LogP contribution in [0.25, 0.3) is 0 Å². The number of hydrogen-bond donors (Lipinski definition) is 0. The maximum absolute atomic E-state index is 5.63. The largest absolute Gasteiger partial charge is 0.318 e. The molecule has 3 heteroatoms. The van der Waals surface area contributed by atoms with Crippen molar-refractivity contribution in [2.24, 2.45) is 0 Å². The van der Waals surface area contributed by atoms with Crippen LogP contribution in [-0.4, -0.2) is 12.6 Å². The summed E-state index contributed by atoms with van der Waals surface area (Å²) in [5.41, 5.74) is 0. The molecule has 2 aliphatic rings. The van der Waals surface area contributed by atoms with E-state index < -0.39 is 0 Å². The fourth-order valence-corrected chi connectivity index (χ4v) is 2.25. The lowest BCUT2D eigenvalue weighted by Crippen LogP contribution is -2.11. The first-order chi connectivity index (χ1) is 7.45. The molecule has 2 bridgehead atoms. The van der Waals surface area contributed by atoms with Gasteiger partial charge in [-0.25, -0.2) is 9.78 Å². The van der Waals surface area contributed by atoms with Gasteiger partial charge in [0, 0.05) is 12.8 Å². The van der Waals surface area contributed by atoms with E-state index in [0.29, 0.717) is 0 Å². The Morgan fingerprint density at radius 3 is 1.40 bits per heavy atom. The predicted octanol–water partition coefficient (Wildman–Crippen LogP) is 3.53. The van der Waals surface area contributed by atoms with E-state index in [1.807, 2.05) is 0 Å². The molecule has 0 aromatic heterocycles. The van der Waals surface area contributed by atoms with Gasteiger partial charge in [-0.2, -0.15) is 0 Å². The average Bonchev–Trinajstić information content (AvgIpc) is 2.69. The SMILES string of the molecule is C1CCCCC[C@@H]2OO[C@@H](CCCC1)O2. The summed E-state index contributed by atoms with van der Waals surface area (Å²) >= 11 is 0. The van der Waals surface area contributed by atoms with Crippen LogP contribution in [0, 0.1) is 0 Å². The third-order valence-electron chi connectivity index (χ3n) is 3.20. The van der Waals surface area contributed by atoms with Crippen LogP contribution in [0.2, 0.25) is 0 Å². The first kappa shape index (κ1) is 11.4. The predicted molar refractivity (Wildman–Crippen MR) is 57.0 cm³/mol. The molecule has 2 rings (SSSR count). The Morgan fingerprint density at radius 1 is 0.533 bits per heavy atom. The van der Waals surface area contributed by atoms with Gasteiger partial charge in [0.1, 0.15) is 0 Å². The van der Waals surface area contributed by atoms with Gasteiger partial charge >= 0.3 is 0 Å². The molecule has 2 saturated heterocycles. The molecule has 2 heterocycles. The molecular formula is C12H22O3. The van der Waals surface area contributed by atoms with Gasteiger partial charge in [0.2, 0.25) is 0 Å². The van der Waals surface area contributed by atoms with Crippen LogP contribution in [0.1, 0.15) is 64.2 Å². The zero-order valence-corrected chi connectivity index (χ0v) is 9.45. The first-order valence-electron chi connectivity index (χ1n) is 6.43. The maximum Gasteiger partial charge on any atom is 0.194 e. The highest BCUT2D eigenvalue weighted by Gasteiger charge is 2.26. The topological polar surface area (TPSA) is 27.7 Å². The molecule has 0 unspecified atom stereocenters. The minimum Gasteiger partial charge on any atom is -0.318 e. The van der Waals surface area contributed by atoms with E-state index >= 15 is 0 Å². The average molecular weight is 214 g/mol. The van der Waals surface area contributed by atoms with E-state index in [0.717, 1.165) is 12.8 Å². The van der Waals surface area contributed by atoms with Gasteiger partial charge < -0.3 is 4.74 Å². The zero-order chi connectivity index (χ0) is 10.3. The highest BCUT2D eigenvalue weighted by atomic mass is 17.3. The third-order valence-corrected chi connectivity index (χ3v) is 3.20. The summed E-state index contributed by atoms with van der Waals surface area (Å²) in [6.07, 6.45) is 12.3. The Labute approximate surface area is 92.0 Å². The minimum absolute atomic E-state index is 0.101. The Morgan fingerprint density at radius 2 is 0.933 bits per heavy atom. The quantitative estimate of drug-likeness (QED) is 0.577. The molecule has 0 saturated carbocycles. The molecule has 2 aliphatic heterocycles. The van der Waals surface area contributed by atoms with Crippen molar-refractivity contribution in [2.75, 3.05) is 0 Å². The van der Waals surface area contributed by atoms with Crippen LogP contribution in [0.4, 0.5) is 0 Å². The van der Waals surface area contributed by atoms with E-state index in [2.05, 4.69) is 0 Å². The summed E-state index contributed by atoms with van der Waals surface area (Å²) in [4.78, 5) is 10.3. The van der Waals surface area contributed by atoms with Crippen LogP contribution in [0.5, 0.6) is 0 Å². The van der Waals surface area contributed by atoms with Gasteiger partial charge in [0.25, 0.3) is 0 Å². The standard InChI is InChI=1S/C12H22O3/c1-2-4-6-8-10-12-13-11(14-15-12)9-7-5-3-1/h11-12H,1-10H2/t11-,12-/m0/s1. The van der Waals surface area contributed by atoms with Crippen molar-refractivity contribution in [2.45, 2.75) is 76.8 Å². The molecular weight excluding hydrogens is 192 g/mol. The Bertz CT molecular complexity index is 154. The second kappa shape index (κ2) is 6.46. The summed E-state index contributed by atoms with van der Waals surface area (Å²) in [5, 5.41) is 0. The van der Waals surface area contributed by atoms with Crippen LogP contribution < -0.4 is 0 Å². The molecule has 0 radical (unpaired) electrons. The summed E-state index contributed by atoms with van der Waals surface area (Å²) in [6.45, 7) is 0. The normalized spacial score (nSPS) is 35.2. The number of rotatable bonds is 0. The summed E-state index contributed by atoms with van der Waals surface area (Å²) < 4.78 is 5.63. The third kappa shape index (κ3) is 4.09. The second-order valence-corrected chi connectivity index (χ2v) is 4.59. The highest BCUT2D eigenvalue weighted by Crippen LogP contribution is 2.23. The lowest BCUT2D eigenvalue weighted by atomic mass is 10.1. The molecule has 0 spiro atoms. The molecule has 0 N–H and O–H groups in total. The van der Waals surface area contributed by atoms with E-state index in [-0.39, 0.29) is 12.6 Å². The lowest BCUT2D eigenvalue weighted by Gasteiger charge is -2.06. The molecule has 0 aromatic carbocycles. The van der Waals surface area contributed by atoms with Gasteiger partial charge in [-0.15, -0.1) is 0 Å². The van der Waals surface area contributed by atoms with Gasteiger partial charge in [-0.3, -0.25) is 0 Å². The Kier molecular flexibility index (Phi) is 4.90. The first-order valence-corrected chi connectivity index (χ1v) is 6.43. The van der Waals surface area contributed by atoms with Crippen molar-refractivity contribution in [1.29, 1.82) is 0 Å². The van der Waals surface area contributed by atoms with Gasteiger partial charge in [0.05, 0.1) is 0 Å². The smallest absolute Gasteiger partial charge is 0.194 e. The molecule has 0 aromatic rings. The molecule has 15 heavy (non-hydrogen) atoms. The van der Waals surface area contributed by atoms with Crippen LogP contribution >= 0.6 is 0 Å². The van der Waals surface area contributed by atoms with Crippen molar-refractivity contribution >= 4 is 0 Å². The molecule has 2 atom stereocenters. The fourth-order valence-electron chi connectivity index (χ4n) is 2.25. The van der Waals surface area contributed by atoms with Crippen molar-refractivity contribution < 1.29 is 14.5 Å². The Hall–Kier alpha value is -0.120. The monoisotopic (exact) mass is 214 g/mol. The molecule has 2 fully saturated rings. The van der Waals surface area contributed by atoms with Crippen molar-refractivity contribution in [3.05, 3.63) is 0 Å². The van der Waals surface area contributed by atoms with Crippen molar-refractivity contribution in [3.63, 3.8) is 0 Å². The van der Waals surface area contributed by atoms with E-state index in [9.17, 15) is 0 Å². The van der Waals surface area contributed by atoms with E-state index in [1.165, 1.54) is 51.4 Å². The highest BCUT2D eigenvalue weighted by molar-refractivity contribution is 4.56. The molecule has 88 valence electrons. The summed E-state index contributed by atoms with van der Waals surface area (Å²) in [5.74, 6) is 0. The van der Waals surface area contributed by atoms with Crippen LogP contribution in [0.3, 0.4) is 0 Å². The van der Waals surface area contributed by atoms with E-state index in [4.69, 9.17) is 14.5 Å². The minimum atomic E-state index is -0.101. The van der Waals surface area contributed by atoms with Crippen molar-refractivity contribution in [3.8, 4) is 0 Å². The number of ether oxygens (including phenoxy) is 1. The Balaban J connectivity index is 1.73. The van der Waals surface area contributed by atoms with Gasteiger partial charge in [0.15, 0.2) is 12.6 Å². The number of hydrogen-bond acceptors (Lipinski definition) is 3. The second-order valence-electron chi connectivity index (χ2n) is 4.59. The fraction of sp³-hybridized carbons (Fsp3) is 1.00. The van der Waals surface area contributed by atoms with Crippen molar-refractivity contribution in [1.82, 2.24) is 0 Å². The lowest BCUT2D eigenvalue weighted by molar-refractivity contribution is -0.298. The summed E-state index contributed by atoms with van der Waals surface area (Å²) in [7, 11) is 0. The molecule has 3 nitrogen and oxygen atoms in total. The van der Waals surface area contributed by atoms with Crippen LogP contribution in [0.15, 0.2) is 0 Å². The van der Waals surface area contributed by atoms with Gasteiger partial charge in [-0.1, -0.05) is 38.5 Å². The van der Waals surface area contributed by atoms with E-state index in [1.54, 1.807) is 0 Å². The zero-order valence-electron chi connectivity index (χ0n) is 9.45. The number of fused-ring (bicyclic) bond motifs is 2. The van der Waals surface area contributed by atoms with Gasteiger partial charge in [-0.05, 0) is 12.8 Å².